The van der Waals surface area contributed by atoms with Crippen molar-refractivity contribution in [2.45, 2.75) is 64.3 Å². The minimum absolute atomic E-state index is 0.0973. The maximum absolute atomic E-state index is 12.9. The van der Waals surface area contributed by atoms with Crippen LogP contribution in [0, 0.1) is 5.82 Å². The van der Waals surface area contributed by atoms with Gasteiger partial charge >= 0.3 is 0 Å². The van der Waals surface area contributed by atoms with Crippen molar-refractivity contribution in [3.63, 3.8) is 0 Å². The van der Waals surface area contributed by atoms with Gasteiger partial charge in [-0.05, 0) is 24.1 Å². The monoisotopic (exact) mass is 251 g/mol. The highest BCUT2D eigenvalue weighted by Gasteiger charge is 2.27. The van der Waals surface area contributed by atoms with Crippen LogP contribution in [0.5, 0.6) is 0 Å². The van der Waals surface area contributed by atoms with E-state index in [1.54, 1.807) is 0 Å². The average molecular weight is 251 g/mol. The highest BCUT2D eigenvalue weighted by molar-refractivity contribution is 5.26. The van der Waals surface area contributed by atoms with E-state index in [4.69, 9.17) is 5.73 Å². The van der Waals surface area contributed by atoms with Gasteiger partial charge in [-0.25, -0.2) is 4.39 Å². The van der Waals surface area contributed by atoms with E-state index in [0.717, 1.165) is 12.0 Å². The van der Waals surface area contributed by atoms with Crippen molar-refractivity contribution in [1.29, 1.82) is 0 Å². The van der Waals surface area contributed by atoms with Crippen molar-refractivity contribution in [3.8, 4) is 0 Å². The smallest absolute Gasteiger partial charge is 0.123 e. The molecular weight excluding hydrogens is 225 g/mol. The zero-order valence-electron chi connectivity index (χ0n) is 11.9. The average Bonchev–Trinajstić information content (AvgIpc) is 2.35. The Kier molecular flexibility index (Phi) is 5.80. The molecule has 1 nitrogen and oxygen atoms in total. The predicted octanol–water partition coefficient (Wildman–Crippen LogP) is 4.40. The minimum atomic E-state index is -0.189. The van der Waals surface area contributed by atoms with Crippen molar-refractivity contribution >= 4 is 0 Å². The summed E-state index contributed by atoms with van der Waals surface area (Å²) in [4.78, 5) is 0. The lowest BCUT2D eigenvalue weighted by atomic mass is 9.76. The van der Waals surface area contributed by atoms with Crippen molar-refractivity contribution < 1.29 is 4.39 Å². The first kappa shape index (κ1) is 15.2. The number of benzene rings is 1. The number of rotatable bonds is 7. The summed E-state index contributed by atoms with van der Waals surface area (Å²) in [5, 5.41) is 0. The van der Waals surface area contributed by atoms with Gasteiger partial charge in [-0.15, -0.1) is 0 Å². The van der Waals surface area contributed by atoms with Crippen molar-refractivity contribution in [3.05, 3.63) is 35.6 Å². The molecule has 0 aliphatic heterocycles. The second-order valence-electron chi connectivity index (χ2n) is 5.68. The Bertz CT molecular complexity index is 343. The van der Waals surface area contributed by atoms with Crippen molar-refractivity contribution in [2.75, 3.05) is 0 Å². The summed E-state index contributed by atoms with van der Waals surface area (Å²) in [7, 11) is 0. The van der Waals surface area contributed by atoms with Crippen LogP contribution in [0.4, 0.5) is 4.39 Å². The number of hydrogen-bond acceptors (Lipinski definition) is 1. The van der Waals surface area contributed by atoms with E-state index in [2.05, 4.69) is 20.8 Å². The summed E-state index contributed by atoms with van der Waals surface area (Å²) in [5.74, 6) is -0.189. The molecule has 1 aromatic carbocycles. The molecule has 0 aromatic heterocycles. The third-order valence-electron chi connectivity index (χ3n) is 3.88. The third-order valence-corrected chi connectivity index (χ3v) is 3.88. The maximum Gasteiger partial charge on any atom is 0.123 e. The van der Waals surface area contributed by atoms with E-state index in [1.165, 1.54) is 37.8 Å². The minimum Gasteiger partial charge on any atom is -0.327 e. The highest BCUT2D eigenvalue weighted by atomic mass is 19.1. The summed E-state index contributed by atoms with van der Waals surface area (Å²) in [6.07, 6.45) is 5.99. The lowest BCUT2D eigenvalue weighted by Crippen LogP contribution is -2.40. The van der Waals surface area contributed by atoms with Gasteiger partial charge in [-0.1, -0.05) is 58.6 Å². The van der Waals surface area contributed by atoms with E-state index in [-0.39, 0.29) is 17.3 Å². The van der Waals surface area contributed by atoms with Gasteiger partial charge in [0.15, 0.2) is 0 Å². The molecular formula is C16H26FN. The summed E-state index contributed by atoms with van der Waals surface area (Å²) in [5.41, 5.74) is 7.33. The first-order valence-electron chi connectivity index (χ1n) is 7.00. The molecule has 2 N–H and O–H groups in total. The molecule has 0 aliphatic carbocycles. The molecule has 0 spiro atoms. The molecule has 18 heavy (non-hydrogen) atoms. The van der Waals surface area contributed by atoms with Crippen LogP contribution in [0.2, 0.25) is 0 Å². The molecule has 0 saturated heterocycles. The summed E-state index contributed by atoms with van der Waals surface area (Å²) < 4.78 is 12.9. The number of hydrogen-bond donors (Lipinski definition) is 1. The maximum atomic E-state index is 12.9. The third kappa shape index (κ3) is 4.09. The van der Waals surface area contributed by atoms with Crippen molar-refractivity contribution in [2.24, 2.45) is 5.73 Å². The molecule has 2 heteroatoms. The fraction of sp³-hybridized carbons (Fsp3) is 0.625. The molecule has 0 bridgehead atoms. The Hall–Kier alpha value is -0.890. The molecule has 102 valence electrons. The van der Waals surface area contributed by atoms with Crippen LogP contribution in [0.15, 0.2) is 24.3 Å². The largest absolute Gasteiger partial charge is 0.327 e. The normalized spacial score (nSPS) is 13.6. The van der Waals surface area contributed by atoms with Crippen LogP contribution in [0.1, 0.15) is 58.4 Å². The molecule has 0 saturated carbocycles. The molecule has 1 atom stereocenters. The fourth-order valence-corrected chi connectivity index (χ4v) is 2.25. The van der Waals surface area contributed by atoms with Gasteiger partial charge in [0.2, 0.25) is 0 Å². The Labute approximate surface area is 111 Å². The first-order valence-corrected chi connectivity index (χ1v) is 7.00. The molecule has 1 rings (SSSR count). The zero-order valence-corrected chi connectivity index (χ0v) is 11.9. The van der Waals surface area contributed by atoms with Gasteiger partial charge in [0, 0.05) is 11.5 Å². The second kappa shape index (κ2) is 6.89. The Balaban J connectivity index is 2.58. The summed E-state index contributed by atoms with van der Waals surface area (Å²) in [6.45, 7) is 6.50. The standard InChI is InChI=1S/C16H26FN/c1-4-5-6-7-8-15(18)16(2,3)13-9-11-14(17)12-10-13/h9-12,15H,4-8,18H2,1-3H3. The molecule has 0 heterocycles. The lowest BCUT2D eigenvalue weighted by molar-refractivity contribution is 0.375. The Morgan fingerprint density at radius 2 is 1.72 bits per heavy atom. The zero-order chi connectivity index (χ0) is 13.6. The molecule has 0 aliphatic rings. The van der Waals surface area contributed by atoms with E-state index in [0.29, 0.717) is 0 Å². The van der Waals surface area contributed by atoms with Crippen LogP contribution < -0.4 is 5.73 Å². The SMILES string of the molecule is CCCCCCC(N)C(C)(C)c1ccc(F)cc1. The summed E-state index contributed by atoms with van der Waals surface area (Å²) >= 11 is 0. The first-order chi connectivity index (χ1) is 8.48. The van der Waals surface area contributed by atoms with Crippen LogP contribution in [-0.4, -0.2) is 6.04 Å². The van der Waals surface area contributed by atoms with Gasteiger partial charge in [-0.2, -0.15) is 0 Å². The van der Waals surface area contributed by atoms with Gasteiger partial charge < -0.3 is 5.73 Å². The summed E-state index contributed by atoms with van der Waals surface area (Å²) in [6, 6.07) is 6.85. The Morgan fingerprint density at radius 3 is 2.28 bits per heavy atom. The molecule has 0 amide bonds. The van der Waals surface area contributed by atoms with Crippen LogP contribution >= 0.6 is 0 Å². The van der Waals surface area contributed by atoms with E-state index >= 15 is 0 Å². The van der Waals surface area contributed by atoms with Gasteiger partial charge in [0.25, 0.3) is 0 Å². The lowest BCUT2D eigenvalue weighted by Gasteiger charge is -2.32. The van der Waals surface area contributed by atoms with Crippen LogP contribution in [-0.2, 0) is 5.41 Å². The van der Waals surface area contributed by atoms with Crippen LogP contribution in [0.25, 0.3) is 0 Å². The van der Waals surface area contributed by atoms with Gasteiger partial charge in [0.05, 0.1) is 0 Å². The van der Waals surface area contributed by atoms with E-state index in [1.807, 2.05) is 12.1 Å². The topological polar surface area (TPSA) is 26.0 Å². The van der Waals surface area contributed by atoms with Gasteiger partial charge in [0.1, 0.15) is 5.82 Å². The van der Waals surface area contributed by atoms with Gasteiger partial charge in [-0.3, -0.25) is 0 Å². The van der Waals surface area contributed by atoms with Crippen LogP contribution in [0.3, 0.4) is 0 Å². The number of unbranched alkanes of at least 4 members (excludes halogenated alkanes) is 3. The predicted molar refractivity (Wildman–Crippen MR) is 76.2 cm³/mol. The quantitative estimate of drug-likeness (QED) is 0.714. The number of nitrogens with two attached hydrogens (primary N) is 1. The molecule has 0 radical (unpaired) electrons. The van der Waals surface area contributed by atoms with E-state index < -0.39 is 0 Å². The van der Waals surface area contributed by atoms with Crippen molar-refractivity contribution in [1.82, 2.24) is 0 Å². The molecule has 1 aromatic rings. The van der Waals surface area contributed by atoms with E-state index in [9.17, 15) is 4.39 Å². The second-order valence-corrected chi connectivity index (χ2v) is 5.68. The fourth-order valence-electron chi connectivity index (χ4n) is 2.25. The highest BCUT2D eigenvalue weighted by Crippen LogP contribution is 2.28. The molecule has 1 unspecified atom stereocenters. The molecule has 0 fully saturated rings. The Morgan fingerprint density at radius 1 is 1.11 bits per heavy atom. The number of halogens is 1.